The lowest BCUT2D eigenvalue weighted by atomic mass is 9.79. The molecule has 2 N–H and O–H groups in total. The van der Waals surface area contributed by atoms with Crippen LogP contribution >= 0.6 is 0 Å². The first-order valence-corrected chi connectivity index (χ1v) is 9.47. The molecule has 1 heterocycles. The molecule has 23 heavy (non-hydrogen) atoms. The minimum absolute atomic E-state index is 0.214. The van der Waals surface area contributed by atoms with Crippen LogP contribution in [-0.4, -0.2) is 45.9 Å². The Bertz CT molecular complexity index is 398. The highest BCUT2D eigenvalue weighted by Crippen LogP contribution is 2.38. The van der Waals surface area contributed by atoms with Crippen LogP contribution in [0.5, 0.6) is 0 Å². The fourth-order valence-corrected chi connectivity index (χ4v) is 4.92. The molecule has 0 saturated carbocycles. The average Bonchev–Trinajstić information content (AvgIpc) is 2.49. The second-order valence-corrected chi connectivity index (χ2v) is 8.99. The van der Waals surface area contributed by atoms with Crippen molar-refractivity contribution in [2.45, 2.75) is 83.7 Å². The first-order valence-electron chi connectivity index (χ1n) is 9.47. The van der Waals surface area contributed by atoms with E-state index in [1.807, 2.05) is 0 Å². The molecule has 134 valence electrons. The minimum Gasteiger partial charge on any atom is -0.396 e. The van der Waals surface area contributed by atoms with Gasteiger partial charge in [-0.1, -0.05) is 11.6 Å². The predicted octanol–water partition coefficient (Wildman–Crippen LogP) is 3.75. The van der Waals surface area contributed by atoms with E-state index in [4.69, 9.17) is 0 Å². The number of likely N-dealkylation sites (tertiary alicyclic amines) is 1. The van der Waals surface area contributed by atoms with Crippen molar-refractivity contribution in [2.24, 2.45) is 11.8 Å². The minimum atomic E-state index is 0.214. The van der Waals surface area contributed by atoms with Gasteiger partial charge in [-0.05, 0) is 85.1 Å². The van der Waals surface area contributed by atoms with Crippen molar-refractivity contribution in [3.05, 3.63) is 11.6 Å². The first-order chi connectivity index (χ1) is 10.8. The second kappa shape index (κ2) is 7.67. The van der Waals surface area contributed by atoms with Gasteiger partial charge in [0.2, 0.25) is 0 Å². The van der Waals surface area contributed by atoms with E-state index < -0.39 is 0 Å². The largest absolute Gasteiger partial charge is 0.396 e. The van der Waals surface area contributed by atoms with Crippen LogP contribution in [0.1, 0.15) is 72.6 Å². The van der Waals surface area contributed by atoms with Gasteiger partial charge in [0.15, 0.2) is 0 Å². The number of nitrogens with zero attached hydrogens (tertiary/aromatic N) is 1. The molecule has 0 spiro atoms. The molecule has 2 atom stereocenters. The van der Waals surface area contributed by atoms with Crippen LogP contribution in [0.3, 0.4) is 0 Å². The van der Waals surface area contributed by atoms with E-state index in [0.717, 1.165) is 25.8 Å². The van der Waals surface area contributed by atoms with E-state index in [2.05, 4.69) is 38.7 Å². The van der Waals surface area contributed by atoms with Gasteiger partial charge in [0.25, 0.3) is 0 Å². The number of rotatable bonds is 6. The van der Waals surface area contributed by atoms with Crippen molar-refractivity contribution in [3.63, 3.8) is 0 Å². The molecule has 0 amide bonds. The van der Waals surface area contributed by atoms with Gasteiger partial charge < -0.3 is 10.2 Å². The summed E-state index contributed by atoms with van der Waals surface area (Å²) in [5.74, 6) is 0.591. The third-order valence-corrected chi connectivity index (χ3v) is 6.07. The molecule has 2 aliphatic rings. The van der Waals surface area contributed by atoms with Crippen LogP contribution in [-0.2, 0) is 0 Å². The highest BCUT2D eigenvalue weighted by molar-refractivity contribution is 5.10. The number of aliphatic hydroxyl groups is 2. The topological polar surface area (TPSA) is 43.7 Å². The zero-order valence-electron chi connectivity index (χ0n) is 15.6. The number of hydrogen-bond donors (Lipinski definition) is 2. The zero-order valence-corrected chi connectivity index (χ0v) is 15.6. The molecular weight excluding hydrogens is 286 g/mol. The standard InChI is InChI=1S/C20H37NO2/c1-19(2)8-6-9-20(3,4)21(19)10-5-7-16-11-17(14-22)13-18(12-16)15-23/h11,17-18,22-23H,5-10,12-15H2,1-4H3/t17-,18+/m1/s1. The van der Waals surface area contributed by atoms with Crippen molar-refractivity contribution >= 4 is 0 Å². The third-order valence-electron chi connectivity index (χ3n) is 6.07. The summed E-state index contributed by atoms with van der Waals surface area (Å²) in [4.78, 5) is 2.71. The van der Waals surface area contributed by atoms with Crippen molar-refractivity contribution in [2.75, 3.05) is 19.8 Å². The monoisotopic (exact) mass is 323 g/mol. The van der Waals surface area contributed by atoms with Crippen LogP contribution in [0.25, 0.3) is 0 Å². The maximum atomic E-state index is 9.47. The van der Waals surface area contributed by atoms with Gasteiger partial charge in [-0.3, -0.25) is 4.90 Å². The van der Waals surface area contributed by atoms with Gasteiger partial charge in [0.05, 0.1) is 0 Å². The lowest BCUT2D eigenvalue weighted by Crippen LogP contribution is -2.58. The van der Waals surface area contributed by atoms with E-state index in [1.54, 1.807) is 0 Å². The van der Waals surface area contributed by atoms with Gasteiger partial charge in [-0.15, -0.1) is 0 Å². The molecule has 3 heteroatoms. The number of aliphatic hydroxyl groups excluding tert-OH is 2. The van der Waals surface area contributed by atoms with E-state index in [9.17, 15) is 10.2 Å². The summed E-state index contributed by atoms with van der Waals surface area (Å²) >= 11 is 0. The predicted molar refractivity (Wildman–Crippen MR) is 96.4 cm³/mol. The summed E-state index contributed by atoms with van der Waals surface area (Å²) in [6.07, 6.45) is 10.4. The molecule has 1 saturated heterocycles. The van der Waals surface area contributed by atoms with Crippen LogP contribution < -0.4 is 0 Å². The third kappa shape index (κ3) is 4.80. The number of piperidine rings is 1. The molecular formula is C20H37NO2. The van der Waals surface area contributed by atoms with Crippen molar-refractivity contribution in [1.82, 2.24) is 4.90 Å². The summed E-state index contributed by atoms with van der Waals surface area (Å²) < 4.78 is 0. The molecule has 0 unspecified atom stereocenters. The number of hydrogen-bond acceptors (Lipinski definition) is 3. The summed E-state index contributed by atoms with van der Waals surface area (Å²) in [6, 6.07) is 0. The van der Waals surface area contributed by atoms with E-state index in [0.29, 0.717) is 17.0 Å². The molecule has 0 bridgehead atoms. The number of allylic oxidation sites excluding steroid dienone is 1. The van der Waals surface area contributed by atoms with Gasteiger partial charge in [-0.25, -0.2) is 0 Å². The van der Waals surface area contributed by atoms with Crippen molar-refractivity contribution in [3.8, 4) is 0 Å². The highest BCUT2D eigenvalue weighted by Gasteiger charge is 2.40. The molecule has 1 fully saturated rings. The average molecular weight is 324 g/mol. The smallest absolute Gasteiger partial charge is 0.0494 e. The Morgan fingerprint density at radius 2 is 1.74 bits per heavy atom. The summed E-state index contributed by atoms with van der Waals surface area (Å²) in [5, 5.41) is 18.9. The molecule has 0 radical (unpaired) electrons. The quantitative estimate of drug-likeness (QED) is 0.732. The van der Waals surface area contributed by atoms with E-state index in [1.165, 1.54) is 31.3 Å². The lowest BCUT2D eigenvalue weighted by molar-refractivity contribution is -0.0272. The van der Waals surface area contributed by atoms with Crippen molar-refractivity contribution in [1.29, 1.82) is 0 Å². The summed E-state index contributed by atoms with van der Waals surface area (Å²) in [5.41, 5.74) is 2.04. The maximum absolute atomic E-state index is 9.47. The maximum Gasteiger partial charge on any atom is 0.0494 e. The second-order valence-electron chi connectivity index (χ2n) is 8.99. The molecule has 0 aromatic rings. The summed E-state index contributed by atoms with van der Waals surface area (Å²) in [7, 11) is 0. The van der Waals surface area contributed by atoms with Crippen molar-refractivity contribution < 1.29 is 10.2 Å². The first kappa shape index (κ1) is 19.0. The SMILES string of the molecule is CC1(C)CCCC(C)(C)N1CCCC1=C[C@@H](CO)C[C@@H](CO)C1. The molecule has 3 nitrogen and oxygen atoms in total. The van der Waals surface area contributed by atoms with Gasteiger partial charge in [0.1, 0.15) is 0 Å². The molecule has 0 aromatic carbocycles. The van der Waals surface area contributed by atoms with Gasteiger partial charge >= 0.3 is 0 Å². The fourth-order valence-electron chi connectivity index (χ4n) is 4.92. The summed E-state index contributed by atoms with van der Waals surface area (Å²) in [6.45, 7) is 11.2. The molecule has 2 rings (SSSR count). The highest BCUT2D eigenvalue weighted by atomic mass is 16.3. The normalized spacial score (nSPS) is 31.0. The van der Waals surface area contributed by atoms with Crippen LogP contribution in [0, 0.1) is 11.8 Å². The van der Waals surface area contributed by atoms with Gasteiger partial charge in [0, 0.05) is 30.2 Å². The Labute approximate surface area is 142 Å². The fraction of sp³-hybridized carbons (Fsp3) is 0.900. The van der Waals surface area contributed by atoms with E-state index >= 15 is 0 Å². The molecule has 1 aliphatic heterocycles. The van der Waals surface area contributed by atoms with Crippen LogP contribution in [0.2, 0.25) is 0 Å². The Kier molecular flexibility index (Phi) is 6.32. The molecule has 1 aliphatic carbocycles. The van der Waals surface area contributed by atoms with Gasteiger partial charge in [-0.2, -0.15) is 0 Å². The Hall–Kier alpha value is -0.380. The Morgan fingerprint density at radius 3 is 2.30 bits per heavy atom. The Balaban J connectivity index is 1.91. The molecule has 0 aromatic heterocycles. The van der Waals surface area contributed by atoms with Crippen LogP contribution in [0.15, 0.2) is 11.6 Å². The van der Waals surface area contributed by atoms with E-state index in [-0.39, 0.29) is 19.1 Å². The zero-order chi connectivity index (χ0) is 17.1. The van der Waals surface area contributed by atoms with Crippen LogP contribution in [0.4, 0.5) is 0 Å². The Morgan fingerprint density at radius 1 is 1.09 bits per heavy atom. The lowest BCUT2D eigenvalue weighted by Gasteiger charge is -2.53.